The number of H-pyrrole nitrogens is 1. The fraction of sp³-hybridized carbons (Fsp3) is 0.333. The zero-order chi connectivity index (χ0) is 8.27. The van der Waals surface area contributed by atoms with Gasteiger partial charge in [0, 0.05) is 25.4 Å². The highest BCUT2D eigenvalue weighted by molar-refractivity contribution is 4.82. The van der Waals surface area contributed by atoms with E-state index in [1.54, 1.807) is 0 Å². The predicted molar refractivity (Wildman–Crippen MR) is 40.4 cm³/mol. The maximum Gasteiger partial charge on any atom is 0.328 e. The highest BCUT2D eigenvalue weighted by atomic mass is 16.2. The fourth-order valence-corrected chi connectivity index (χ4v) is 0.759. The molecule has 1 aromatic heterocycles. The Kier molecular flexibility index (Phi) is 2.22. The maximum absolute atomic E-state index is 10.9. The number of aromatic amines is 1. The van der Waals surface area contributed by atoms with Crippen LogP contribution in [-0.4, -0.2) is 16.1 Å². The van der Waals surface area contributed by atoms with Gasteiger partial charge in [0.1, 0.15) is 0 Å². The molecule has 5 heteroatoms. The quantitative estimate of drug-likeness (QED) is 0.545. The molecule has 0 aromatic carbocycles. The minimum absolute atomic E-state index is 0.381. The molecule has 0 radical (unpaired) electrons. The molecule has 3 N–H and O–H groups in total. The molecule has 1 heterocycles. The summed E-state index contributed by atoms with van der Waals surface area (Å²) < 4.78 is 1.35. The van der Waals surface area contributed by atoms with Crippen molar-refractivity contribution in [1.82, 2.24) is 9.55 Å². The molecule has 0 atom stereocenters. The van der Waals surface area contributed by atoms with Crippen LogP contribution < -0.4 is 17.0 Å². The molecule has 0 aliphatic rings. The van der Waals surface area contributed by atoms with Gasteiger partial charge in [-0.1, -0.05) is 0 Å². The van der Waals surface area contributed by atoms with Crippen LogP contribution in [0, 0.1) is 0 Å². The van der Waals surface area contributed by atoms with E-state index < -0.39 is 5.69 Å². The zero-order valence-electron chi connectivity index (χ0n) is 5.91. The topological polar surface area (TPSA) is 80.9 Å². The number of nitrogens with two attached hydrogens (primary N) is 1. The van der Waals surface area contributed by atoms with Crippen LogP contribution in [0.3, 0.4) is 0 Å². The lowest BCUT2D eigenvalue weighted by Crippen LogP contribution is -2.30. The maximum atomic E-state index is 10.9. The largest absolute Gasteiger partial charge is 0.329 e. The van der Waals surface area contributed by atoms with Crippen molar-refractivity contribution in [2.45, 2.75) is 6.54 Å². The van der Waals surface area contributed by atoms with Gasteiger partial charge in [-0.05, 0) is 0 Å². The van der Waals surface area contributed by atoms with E-state index in [9.17, 15) is 9.59 Å². The number of rotatable bonds is 2. The fourth-order valence-electron chi connectivity index (χ4n) is 0.759. The first-order valence-corrected chi connectivity index (χ1v) is 3.24. The standard InChI is InChI=1S/C6H9N3O2/c7-2-4-9-3-1-5(10)8-6(9)11/h1,3H,2,4,7H2,(H,8,10,11). The lowest BCUT2D eigenvalue weighted by Gasteiger charge is -1.99. The van der Waals surface area contributed by atoms with Crippen LogP contribution in [0.25, 0.3) is 0 Å². The predicted octanol–water partition coefficient (Wildman–Crippen LogP) is -1.50. The minimum atomic E-state index is -0.414. The second-order valence-electron chi connectivity index (χ2n) is 2.09. The second kappa shape index (κ2) is 3.16. The van der Waals surface area contributed by atoms with E-state index in [2.05, 4.69) is 4.98 Å². The summed E-state index contributed by atoms with van der Waals surface area (Å²) in [7, 11) is 0. The van der Waals surface area contributed by atoms with Crippen molar-refractivity contribution in [1.29, 1.82) is 0 Å². The van der Waals surface area contributed by atoms with Crippen LogP contribution >= 0.6 is 0 Å². The Hall–Kier alpha value is -1.36. The van der Waals surface area contributed by atoms with Gasteiger partial charge in [0.25, 0.3) is 5.56 Å². The summed E-state index contributed by atoms with van der Waals surface area (Å²) >= 11 is 0. The molecular weight excluding hydrogens is 146 g/mol. The summed E-state index contributed by atoms with van der Waals surface area (Å²) in [5.41, 5.74) is 4.42. The van der Waals surface area contributed by atoms with Gasteiger partial charge in [0.05, 0.1) is 0 Å². The van der Waals surface area contributed by atoms with Crippen LogP contribution in [0.4, 0.5) is 0 Å². The molecule has 0 aliphatic carbocycles. The first kappa shape index (κ1) is 7.74. The lowest BCUT2D eigenvalue weighted by atomic mass is 10.6. The van der Waals surface area contributed by atoms with Crippen molar-refractivity contribution in [2.75, 3.05) is 6.54 Å². The Bertz CT molecular complexity index is 338. The SMILES string of the molecule is NCCn1ccc(=O)[nH]c1=O. The Labute approximate surface area is 62.5 Å². The van der Waals surface area contributed by atoms with Gasteiger partial charge < -0.3 is 5.73 Å². The third-order valence-corrected chi connectivity index (χ3v) is 1.27. The number of aromatic nitrogens is 2. The third-order valence-electron chi connectivity index (χ3n) is 1.27. The van der Waals surface area contributed by atoms with Crippen LogP contribution in [0.5, 0.6) is 0 Å². The van der Waals surface area contributed by atoms with E-state index in [1.165, 1.54) is 16.8 Å². The van der Waals surface area contributed by atoms with E-state index in [4.69, 9.17) is 5.73 Å². The van der Waals surface area contributed by atoms with E-state index in [0.29, 0.717) is 13.1 Å². The summed E-state index contributed by atoms with van der Waals surface area (Å²) in [6.45, 7) is 0.807. The highest BCUT2D eigenvalue weighted by Gasteiger charge is 1.92. The highest BCUT2D eigenvalue weighted by Crippen LogP contribution is 1.71. The average molecular weight is 155 g/mol. The molecule has 0 aliphatic heterocycles. The monoisotopic (exact) mass is 155 g/mol. The van der Waals surface area contributed by atoms with E-state index >= 15 is 0 Å². The molecule has 0 fully saturated rings. The van der Waals surface area contributed by atoms with Crippen LogP contribution in [0.1, 0.15) is 0 Å². The molecule has 0 saturated heterocycles. The van der Waals surface area contributed by atoms with Gasteiger partial charge in [-0.15, -0.1) is 0 Å². The molecule has 1 aromatic rings. The summed E-state index contributed by atoms with van der Waals surface area (Å²) in [6, 6.07) is 1.29. The van der Waals surface area contributed by atoms with E-state index in [-0.39, 0.29) is 5.56 Å². The van der Waals surface area contributed by atoms with Crippen molar-refractivity contribution >= 4 is 0 Å². The van der Waals surface area contributed by atoms with Gasteiger partial charge >= 0.3 is 5.69 Å². The van der Waals surface area contributed by atoms with E-state index in [0.717, 1.165) is 0 Å². The lowest BCUT2D eigenvalue weighted by molar-refractivity contribution is 0.655. The van der Waals surface area contributed by atoms with Gasteiger partial charge in [0.15, 0.2) is 0 Å². The van der Waals surface area contributed by atoms with Gasteiger partial charge in [-0.2, -0.15) is 0 Å². The first-order valence-electron chi connectivity index (χ1n) is 3.24. The molecule has 0 bridgehead atoms. The summed E-state index contributed by atoms with van der Waals surface area (Å²) in [4.78, 5) is 23.5. The van der Waals surface area contributed by atoms with Crippen LogP contribution in [-0.2, 0) is 6.54 Å². The smallest absolute Gasteiger partial charge is 0.328 e. The number of hydrogen-bond acceptors (Lipinski definition) is 3. The normalized spacial score (nSPS) is 9.91. The molecule has 60 valence electrons. The van der Waals surface area contributed by atoms with Crippen molar-refractivity contribution < 1.29 is 0 Å². The van der Waals surface area contributed by atoms with Crippen molar-refractivity contribution in [3.05, 3.63) is 33.1 Å². The third kappa shape index (κ3) is 1.78. The summed E-state index contributed by atoms with van der Waals surface area (Å²) in [6.07, 6.45) is 1.42. The van der Waals surface area contributed by atoms with Gasteiger partial charge in [0.2, 0.25) is 0 Å². The zero-order valence-corrected chi connectivity index (χ0v) is 5.91. The molecule has 0 amide bonds. The van der Waals surface area contributed by atoms with Crippen molar-refractivity contribution in [2.24, 2.45) is 5.73 Å². The number of nitrogens with zero attached hydrogens (tertiary/aromatic N) is 1. The molecule has 0 spiro atoms. The van der Waals surface area contributed by atoms with Crippen LogP contribution in [0.2, 0.25) is 0 Å². The second-order valence-corrected chi connectivity index (χ2v) is 2.09. The summed E-state index contributed by atoms with van der Waals surface area (Å²) in [5.74, 6) is 0. The first-order chi connectivity index (χ1) is 5.24. The molecular formula is C6H9N3O2. The van der Waals surface area contributed by atoms with Gasteiger partial charge in [-0.25, -0.2) is 4.79 Å². The van der Waals surface area contributed by atoms with Gasteiger partial charge in [-0.3, -0.25) is 14.3 Å². The Morgan fingerprint density at radius 1 is 1.55 bits per heavy atom. The average Bonchev–Trinajstić information content (AvgIpc) is 1.95. The molecule has 0 unspecified atom stereocenters. The van der Waals surface area contributed by atoms with E-state index in [1.807, 2.05) is 0 Å². The van der Waals surface area contributed by atoms with Crippen molar-refractivity contribution in [3.8, 4) is 0 Å². The number of nitrogens with one attached hydrogen (secondary N) is 1. The molecule has 0 saturated carbocycles. The number of hydrogen-bond donors (Lipinski definition) is 2. The Morgan fingerprint density at radius 3 is 2.82 bits per heavy atom. The molecule has 1 rings (SSSR count). The molecule has 11 heavy (non-hydrogen) atoms. The molecule has 5 nitrogen and oxygen atoms in total. The summed E-state index contributed by atoms with van der Waals surface area (Å²) in [5, 5.41) is 0. The minimum Gasteiger partial charge on any atom is -0.329 e. The van der Waals surface area contributed by atoms with Crippen molar-refractivity contribution in [3.63, 3.8) is 0 Å². The Morgan fingerprint density at radius 2 is 2.27 bits per heavy atom. The van der Waals surface area contributed by atoms with Crippen LogP contribution in [0.15, 0.2) is 21.9 Å². The Balaban J connectivity index is 3.10.